The van der Waals surface area contributed by atoms with Crippen molar-refractivity contribution in [1.29, 1.82) is 0 Å². The first kappa shape index (κ1) is 22.8. The van der Waals surface area contributed by atoms with Crippen LogP contribution in [0.15, 0.2) is 140 Å². The van der Waals surface area contributed by atoms with Crippen LogP contribution in [-0.4, -0.2) is 14.5 Å². The van der Waals surface area contributed by atoms with E-state index in [4.69, 9.17) is 9.97 Å². The van der Waals surface area contributed by atoms with Crippen LogP contribution in [0.1, 0.15) is 0 Å². The Morgan fingerprint density at radius 2 is 0.930 bits per heavy atom. The Morgan fingerprint density at radius 3 is 1.63 bits per heavy atom. The van der Waals surface area contributed by atoms with Crippen LogP contribution in [0.4, 0.5) is 0 Å². The lowest BCUT2D eigenvalue weighted by molar-refractivity contribution is 1.01. The maximum atomic E-state index is 5.39. The Bertz CT molecular complexity index is 2620. The number of nitrogens with zero attached hydrogens (tertiary/aromatic N) is 3. The Kier molecular flexibility index (Phi) is 4.45. The molecule has 198 valence electrons. The molecular weight excluding hydrogens is 522 g/mol. The normalized spacial score (nSPS) is 12.2. The summed E-state index contributed by atoms with van der Waals surface area (Å²) in [5, 5.41) is 13.5. The van der Waals surface area contributed by atoms with E-state index in [9.17, 15) is 0 Å². The van der Waals surface area contributed by atoms with E-state index in [1.807, 2.05) is 0 Å². The van der Waals surface area contributed by atoms with Crippen molar-refractivity contribution < 1.29 is 0 Å². The average molecular weight is 546 g/mol. The summed E-state index contributed by atoms with van der Waals surface area (Å²) < 4.78 is 2.27. The van der Waals surface area contributed by atoms with E-state index in [1.54, 1.807) is 0 Å². The Labute approximate surface area is 246 Å². The van der Waals surface area contributed by atoms with Gasteiger partial charge in [0.25, 0.3) is 0 Å². The number of para-hydroxylation sites is 1. The maximum Gasteiger partial charge on any atom is 0.235 e. The minimum atomic E-state index is 0.687. The minimum Gasteiger partial charge on any atom is -0.278 e. The van der Waals surface area contributed by atoms with Crippen molar-refractivity contribution in [2.75, 3.05) is 0 Å². The van der Waals surface area contributed by atoms with Crippen LogP contribution >= 0.6 is 0 Å². The second-order valence-electron chi connectivity index (χ2n) is 11.4. The fraction of sp³-hybridized carbons (Fsp3) is 0. The smallest absolute Gasteiger partial charge is 0.235 e. The number of aromatic nitrogens is 3. The van der Waals surface area contributed by atoms with E-state index in [0.29, 0.717) is 5.95 Å². The van der Waals surface area contributed by atoms with Crippen molar-refractivity contribution in [2.45, 2.75) is 0 Å². The number of rotatable bonds is 2. The predicted molar refractivity (Wildman–Crippen MR) is 181 cm³/mol. The van der Waals surface area contributed by atoms with Gasteiger partial charge in [-0.1, -0.05) is 109 Å². The second kappa shape index (κ2) is 8.37. The Hall–Kier alpha value is -5.80. The topological polar surface area (TPSA) is 30.7 Å². The van der Waals surface area contributed by atoms with E-state index in [1.165, 1.54) is 53.9 Å². The van der Waals surface area contributed by atoms with Gasteiger partial charge in [-0.3, -0.25) is 4.57 Å². The van der Waals surface area contributed by atoms with Crippen molar-refractivity contribution in [3.8, 4) is 17.2 Å². The van der Waals surface area contributed by atoms with Gasteiger partial charge >= 0.3 is 0 Å². The SMILES string of the molecule is c1ccc2cc3c(cc2c1)c1cccc2c1c1c3cccc1n2-c1nc(-c2cccc3ccccc23)c2ccccc2n1. The van der Waals surface area contributed by atoms with E-state index in [-0.39, 0.29) is 0 Å². The fourth-order valence-electron chi connectivity index (χ4n) is 7.26. The quantitative estimate of drug-likeness (QED) is 0.160. The van der Waals surface area contributed by atoms with Gasteiger partial charge in [0.15, 0.2) is 0 Å². The molecule has 2 heterocycles. The van der Waals surface area contributed by atoms with E-state index >= 15 is 0 Å². The van der Waals surface area contributed by atoms with Gasteiger partial charge in [0.1, 0.15) is 0 Å². The molecule has 0 fully saturated rings. The van der Waals surface area contributed by atoms with Gasteiger partial charge in [0.05, 0.1) is 22.2 Å². The van der Waals surface area contributed by atoms with Crippen LogP contribution in [-0.2, 0) is 0 Å². The molecule has 0 spiro atoms. The van der Waals surface area contributed by atoms with Crippen LogP contribution in [0.25, 0.3) is 93.0 Å². The third-order valence-electron chi connectivity index (χ3n) is 9.12. The molecule has 0 amide bonds. The highest BCUT2D eigenvalue weighted by Crippen LogP contribution is 2.44. The molecule has 0 aliphatic heterocycles. The van der Waals surface area contributed by atoms with Crippen LogP contribution < -0.4 is 0 Å². The molecule has 0 bridgehead atoms. The molecular formula is C40H23N3. The first-order valence-electron chi connectivity index (χ1n) is 14.7. The lowest BCUT2D eigenvalue weighted by atomic mass is 9.92. The monoisotopic (exact) mass is 545 g/mol. The first-order valence-corrected chi connectivity index (χ1v) is 14.7. The molecule has 0 aliphatic carbocycles. The number of benzene rings is 8. The van der Waals surface area contributed by atoms with Crippen molar-refractivity contribution in [3.63, 3.8) is 0 Å². The van der Waals surface area contributed by atoms with Crippen molar-refractivity contribution >= 4 is 75.8 Å². The van der Waals surface area contributed by atoms with Crippen molar-refractivity contribution in [2.24, 2.45) is 0 Å². The van der Waals surface area contributed by atoms with Crippen LogP contribution in [0, 0.1) is 0 Å². The summed E-state index contributed by atoms with van der Waals surface area (Å²) in [5.74, 6) is 0.687. The summed E-state index contributed by atoms with van der Waals surface area (Å²) in [6.45, 7) is 0. The zero-order valence-electron chi connectivity index (χ0n) is 23.1. The molecule has 3 heteroatoms. The molecule has 10 rings (SSSR count). The molecule has 3 nitrogen and oxygen atoms in total. The summed E-state index contributed by atoms with van der Waals surface area (Å²) in [6, 6.07) is 50.0. The molecule has 0 unspecified atom stereocenters. The molecule has 8 aromatic carbocycles. The summed E-state index contributed by atoms with van der Waals surface area (Å²) in [6.07, 6.45) is 0. The molecule has 0 saturated carbocycles. The van der Waals surface area contributed by atoms with Crippen LogP contribution in [0.3, 0.4) is 0 Å². The highest BCUT2D eigenvalue weighted by Gasteiger charge is 2.22. The molecule has 43 heavy (non-hydrogen) atoms. The second-order valence-corrected chi connectivity index (χ2v) is 11.4. The molecule has 0 aliphatic rings. The lowest BCUT2D eigenvalue weighted by Gasteiger charge is -2.13. The first-order chi connectivity index (χ1) is 21.3. The van der Waals surface area contributed by atoms with Gasteiger partial charge in [-0.2, -0.15) is 0 Å². The Balaban J connectivity index is 1.37. The van der Waals surface area contributed by atoms with Crippen LogP contribution in [0.5, 0.6) is 0 Å². The molecule has 0 saturated heterocycles. The average Bonchev–Trinajstić information content (AvgIpc) is 3.42. The molecule has 0 atom stereocenters. The highest BCUT2D eigenvalue weighted by molar-refractivity contribution is 6.35. The summed E-state index contributed by atoms with van der Waals surface area (Å²) in [7, 11) is 0. The maximum absolute atomic E-state index is 5.39. The van der Waals surface area contributed by atoms with Gasteiger partial charge in [-0.25, -0.2) is 9.97 Å². The minimum absolute atomic E-state index is 0.687. The van der Waals surface area contributed by atoms with Gasteiger partial charge in [-0.05, 0) is 73.4 Å². The zero-order chi connectivity index (χ0) is 28.1. The molecule has 0 N–H and O–H groups in total. The molecule has 2 aromatic heterocycles. The third kappa shape index (κ3) is 3.08. The Morgan fingerprint density at radius 1 is 0.395 bits per heavy atom. The largest absolute Gasteiger partial charge is 0.278 e. The van der Waals surface area contributed by atoms with E-state index in [2.05, 4.69) is 144 Å². The summed E-state index contributed by atoms with van der Waals surface area (Å²) in [5.41, 5.74) is 5.24. The number of fused-ring (bicyclic) bond motifs is 6. The highest BCUT2D eigenvalue weighted by atomic mass is 15.2. The third-order valence-corrected chi connectivity index (χ3v) is 9.12. The van der Waals surface area contributed by atoms with Gasteiger partial charge in [0, 0.05) is 21.7 Å². The summed E-state index contributed by atoms with van der Waals surface area (Å²) >= 11 is 0. The van der Waals surface area contributed by atoms with Gasteiger partial charge < -0.3 is 0 Å². The number of hydrogen-bond donors (Lipinski definition) is 0. The molecule has 10 aromatic rings. The van der Waals surface area contributed by atoms with Crippen molar-refractivity contribution in [1.82, 2.24) is 14.5 Å². The lowest BCUT2D eigenvalue weighted by Crippen LogP contribution is -2.03. The summed E-state index contributed by atoms with van der Waals surface area (Å²) in [4.78, 5) is 10.6. The van der Waals surface area contributed by atoms with E-state index < -0.39 is 0 Å². The predicted octanol–water partition coefficient (Wildman–Crippen LogP) is 10.4. The van der Waals surface area contributed by atoms with E-state index in [0.717, 1.165) is 33.2 Å². The standard InChI is InChI=1S/C40H23N3/c1-2-12-26-23-33-29-17-9-21-36-38(29)37-28(32(33)22-25(26)11-1)16-8-20-35(37)43(36)40-41-34-19-6-5-15-31(34)39(42-40)30-18-7-13-24-10-3-4-14-27(24)30/h1-23H. The fourth-order valence-corrected chi connectivity index (χ4v) is 7.26. The van der Waals surface area contributed by atoms with Gasteiger partial charge in [0.2, 0.25) is 5.95 Å². The van der Waals surface area contributed by atoms with Crippen molar-refractivity contribution in [3.05, 3.63) is 140 Å². The van der Waals surface area contributed by atoms with Crippen LogP contribution in [0.2, 0.25) is 0 Å². The molecule has 0 radical (unpaired) electrons. The zero-order valence-corrected chi connectivity index (χ0v) is 23.1. The van der Waals surface area contributed by atoms with Gasteiger partial charge in [-0.15, -0.1) is 0 Å². The number of hydrogen-bond acceptors (Lipinski definition) is 2.